The Morgan fingerprint density at radius 2 is 1.88 bits per heavy atom. The Kier molecular flexibility index (Phi) is 4.75. The first-order chi connectivity index (χ1) is 15.4. The van der Waals surface area contributed by atoms with Gasteiger partial charge in [0.25, 0.3) is 5.91 Å². The predicted octanol–water partition coefficient (Wildman–Crippen LogP) is 3.47. The van der Waals surface area contributed by atoms with Crippen LogP contribution in [0.5, 0.6) is 0 Å². The third-order valence-corrected chi connectivity index (χ3v) is 6.26. The number of hydrogen-bond donors (Lipinski definition) is 2. The van der Waals surface area contributed by atoms with Crippen molar-refractivity contribution in [1.29, 1.82) is 0 Å². The molecule has 1 aliphatic heterocycles. The molecular weight excluding hydrogens is 426 g/mol. The lowest BCUT2D eigenvalue weighted by atomic mass is 9.92. The second-order valence-corrected chi connectivity index (χ2v) is 8.53. The van der Waals surface area contributed by atoms with Gasteiger partial charge in [-0.3, -0.25) is 18.9 Å². The fourth-order valence-electron chi connectivity index (χ4n) is 3.74. The van der Waals surface area contributed by atoms with Gasteiger partial charge in [0.05, 0.1) is 5.69 Å². The van der Waals surface area contributed by atoms with Gasteiger partial charge in [-0.25, -0.2) is 9.78 Å². The number of anilines is 1. The number of imidazole rings is 1. The van der Waals surface area contributed by atoms with E-state index in [1.54, 1.807) is 54.7 Å². The molecule has 4 amide bonds. The maximum Gasteiger partial charge on any atom is 0.325 e. The van der Waals surface area contributed by atoms with E-state index in [4.69, 9.17) is 0 Å². The first-order valence-corrected chi connectivity index (χ1v) is 10.8. The number of carbonyl (C=O) groups excluding carboxylic acids is 3. The number of nitrogens with one attached hydrogen (secondary N) is 2. The second kappa shape index (κ2) is 7.61. The number of thiazole rings is 1. The van der Waals surface area contributed by atoms with Gasteiger partial charge in [-0.15, -0.1) is 11.3 Å². The number of carbonyl (C=O) groups is 3. The molecule has 9 heteroatoms. The van der Waals surface area contributed by atoms with E-state index in [9.17, 15) is 14.4 Å². The molecule has 0 spiro atoms. The average molecular weight is 446 g/mol. The van der Waals surface area contributed by atoms with Crippen molar-refractivity contribution < 1.29 is 14.4 Å². The third-order valence-electron chi connectivity index (χ3n) is 5.49. The van der Waals surface area contributed by atoms with Crippen LogP contribution >= 0.6 is 11.3 Å². The normalized spacial score (nSPS) is 18.2. The molecule has 0 radical (unpaired) electrons. The molecule has 32 heavy (non-hydrogen) atoms. The smallest absolute Gasteiger partial charge is 0.325 e. The minimum atomic E-state index is -1.20. The zero-order valence-electron chi connectivity index (χ0n) is 17.1. The number of hydrogen-bond acceptors (Lipinski definition) is 5. The molecule has 1 unspecified atom stereocenters. The van der Waals surface area contributed by atoms with Crippen molar-refractivity contribution in [3.8, 4) is 11.3 Å². The number of rotatable bonds is 5. The fourth-order valence-corrected chi connectivity index (χ4v) is 4.44. The van der Waals surface area contributed by atoms with Crippen LogP contribution in [0.15, 0.2) is 72.4 Å². The van der Waals surface area contributed by atoms with Crippen LogP contribution < -0.4 is 10.6 Å². The summed E-state index contributed by atoms with van der Waals surface area (Å²) in [6, 6.07) is 15.6. The Labute approximate surface area is 187 Å². The Morgan fingerprint density at radius 1 is 1.12 bits per heavy atom. The van der Waals surface area contributed by atoms with E-state index in [1.807, 2.05) is 40.4 Å². The summed E-state index contributed by atoms with van der Waals surface area (Å²) >= 11 is 1.56. The summed E-state index contributed by atoms with van der Waals surface area (Å²) in [7, 11) is 0. The minimum Gasteiger partial charge on any atom is -0.325 e. The molecular formula is C23H19N5O3S. The van der Waals surface area contributed by atoms with Crippen LogP contribution in [0.1, 0.15) is 12.5 Å². The number of nitrogens with zero attached hydrogens (tertiary/aromatic N) is 3. The quantitative estimate of drug-likeness (QED) is 0.460. The van der Waals surface area contributed by atoms with Gasteiger partial charge in [-0.05, 0) is 24.6 Å². The van der Waals surface area contributed by atoms with Crippen LogP contribution in [0, 0.1) is 0 Å². The van der Waals surface area contributed by atoms with Gasteiger partial charge in [0.15, 0.2) is 4.96 Å². The summed E-state index contributed by atoms with van der Waals surface area (Å²) in [5, 5.41) is 7.41. The molecule has 0 bridgehead atoms. The zero-order valence-corrected chi connectivity index (χ0v) is 17.9. The molecule has 1 aliphatic rings. The summed E-state index contributed by atoms with van der Waals surface area (Å²) in [4.78, 5) is 44.3. The molecule has 4 aromatic rings. The molecule has 2 aromatic heterocycles. The lowest BCUT2D eigenvalue weighted by Crippen LogP contribution is -2.42. The number of amides is 4. The van der Waals surface area contributed by atoms with Crippen molar-refractivity contribution in [3.63, 3.8) is 0 Å². The average Bonchev–Trinajstić information content (AvgIpc) is 3.45. The molecule has 0 aliphatic carbocycles. The molecule has 5 rings (SSSR count). The van der Waals surface area contributed by atoms with Crippen molar-refractivity contribution >= 4 is 39.8 Å². The molecule has 2 N–H and O–H groups in total. The fraction of sp³-hybridized carbons (Fsp3) is 0.130. The van der Waals surface area contributed by atoms with Crippen molar-refractivity contribution in [3.05, 3.63) is 77.9 Å². The highest BCUT2D eigenvalue weighted by atomic mass is 32.1. The van der Waals surface area contributed by atoms with Crippen molar-refractivity contribution in [2.75, 3.05) is 11.9 Å². The van der Waals surface area contributed by atoms with Gasteiger partial charge in [0, 0.05) is 29.0 Å². The molecule has 1 fully saturated rings. The van der Waals surface area contributed by atoms with Crippen LogP contribution in [0.25, 0.3) is 16.2 Å². The summed E-state index contributed by atoms with van der Waals surface area (Å²) in [6.07, 6.45) is 3.89. The van der Waals surface area contributed by atoms with E-state index in [2.05, 4.69) is 15.6 Å². The number of benzene rings is 2. The van der Waals surface area contributed by atoms with Gasteiger partial charge in [0.1, 0.15) is 12.1 Å². The SMILES string of the molecule is CC1(c2ccccc2)NC(=O)N(CC(=O)Nc2ccc(-c3cn4ccsc4n3)cc2)C1=O. The molecule has 160 valence electrons. The van der Waals surface area contributed by atoms with Gasteiger partial charge >= 0.3 is 6.03 Å². The highest BCUT2D eigenvalue weighted by molar-refractivity contribution is 7.15. The zero-order chi connectivity index (χ0) is 22.3. The number of fused-ring (bicyclic) bond motifs is 1. The highest BCUT2D eigenvalue weighted by Crippen LogP contribution is 2.28. The van der Waals surface area contributed by atoms with Gasteiger partial charge in [-0.1, -0.05) is 42.5 Å². The largest absolute Gasteiger partial charge is 0.325 e. The maximum atomic E-state index is 12.9. The van der Waals surface area contributed by atoms with Crippen LogP contribution in [0.4, 0.5) is 10.5 Å². The summed E-state index contributed by atoms with van der Waals surface area (Å²) < 4.78 is 1.96. The molecule has 2 aromatic carbocycles. The van der Waals surface area contributed by atoms with Crippen LogP contribution in [-0.2, 0) is 15.1 Å². The van der Waals surface area contributed by atoms with E-state index in [0.717, 1.165) is 21.1 Å². The third kappa shape index (κ3) is 3.42. The molecule has 3 heterocycles. The highest BCUT2D eigenvalue weighted by Gasteiger charge is 2.49. The Balaban J connectivity index is 1.26. The molecule has 0 saturated carbocycles. The minimum absolute atomic E-state index is 0.369. The van der Waals surface area contributed by atoms with Crippen LogP contribution in [-0.4, -0.2) is 38.7 Å². The monoisotopic (exact) mass is 445 g/mol. The van der Waals surface area contributed by atoms with E-state index in [1.165, 1.54) is 0 Å². The van der Waals surface area contributed by atoms with Gasteiger partial charge in [0.2, 0.25) is 5.91 Å². The van der Waals surface area contributed by atoms with Crippen molar-refractivity contribution in [2.24, 2.45) is 0 Å². The topological polar surface area (TPSA) is 95.8 Å². The molecule has 8 nitrogen and oxygen atoms in total. The summed E-state index contributed by atoms with van der Waals surface area (Å²) in [5.41, 5.74) is 1.80. The first-order valence-electron chi connectivity index (χ1n) is 9.96. The van der Waals surface area contributed by atoms with Crippen molar-refractivity contribution in [2.45, 2.75) is 12.5 Å². The van der Waals surface area contributed by atoms with Crippen LogP contribution in [0.2, 0.25) is 0 Å². The Morgan fingerprint density at radius 3 is 2.59 bits per heavy atom. The Bertz CT molecular complexity index is 1300. The first kappa shape index (κ1) is 20.0. The second-order valence-electron chi connectivity index (χ2n) is 7.66. The standard InChI is InChI=1S/C23H19N5O3S/c1-23(16-5-3-2-4-6-16)20(30)28(21(31)26-23)14-19(29)24-17-9-7-15(8-10-17)18-13-27-11-12-32-22(27)25-18/h2-13H,14H2,1H3,(H,24,29)(H,26,31). The number of urea groups is 1. The van der Waals surface area contributed by atoms with Crippen LogP contribution in [0.3, 0.4) is 0 Å². The molecule has 1 atom stereocenters. The lowest BCUT2D eigenvalue weighted by molar-refractivity contribution is -0.133. The van der Waals surface area contributed by atoms with E-state index in [-0.39, 0.29) is 6.54 Å². The predicted molar refractivity (Wildman–Crippen MR) is 121 cm³/mol. The summed E-state index contributed by atoms with van der Waals surface area (Å²) in [6.45, 7) is 1.27. The maximum absolute atomic E-state index is 12.9. The van der Waals surface area contributed by atoms with Gasteiger partial charge in [-0.2, -0.15) is 0 Å². The van der Waals surface area contributed by atoms with E-state index >= 15 is 0 Å². The summed E-state index contributed by atoms with van der Waals surface area (Å²) in [5.74, 6) is -0.917. The lowest BCUT2D eigenvalue weighted by Gasteiger charge is -2.22. The van der Waals surface area contributed by atoms with E-state index in [0.29, 0.717) is 11.3 Å². The van der Waals surface area contributed by atoms with Gasteiger partial charge < -0.3 is 10.6 Å². The van der Waals surface area contributed by atoms with E-state index < -0.39 is 23.4 Å². The molecule has 1 saturated heterocycles. The number of aromatic nitrogens is 2. The van der Waals surface area contributed by atoms with Crippen molar-refractivity contribution in [1.82, 2.24) is 19.6 Å². The number of imide groups is 1. The Hall–Kier alpha value is -3.98.